The normalized spacial score (nSPS) is 13.2. The van der Waals surface area contributed by atoms with Crippen molar-refractivity contribution in [1.82, 2.24) is 9.78 Å². The summed E-state index contributed by atoms with van der Waals surface area (Å²) in [6.07, 6.45) is 0.539. The van der Waals surface area contributed by atoms with Crippen molar-refractivity contribution in [1.29, 1.82) is 0 Å². The maximum absolute atomic E-state index is 11.3. The van der Waals surface area contributed by atoms with Crippen LogP contribution >= 0.6 is 15.9 Å². The van der Waals surface area contributed by atoms with Gasteiger partial charge < -0.3 is 9.84 Å². The van der Waals surface area contributed by atoms with Gasteiger partial charge in [-0.05, 0) is 18.2 Å². The second-order valence-electron chi connectivity index (χ2n) is 4.34. The first-order valence-corrected chi connectivity index (χ1v) is 6.59. The molecule has 98 valence electrons. The highest BCUT2D eigenvalue weighted by Crippen LogP contribution is 2.38. The van der Waals surface area contributed by atoms with E-state index in [2.05, 4.69) is 21.0 Å². The molecule has 1 aliphatic rings. The van der Waals surface area contributed by atoms with Gasteiger partial charge in [-0.2, -0.15) is 5.10 Å². The first-order chi connectivity index (χ1) is 9.08. The largest absolute Gasteiger partial charge is 0.493 e. The molecule has 1 aromatic heterocycles. The van der Waals surface area contributed by atoms with Crippen LogP contribution in [0.15, 0.2) is 22.7 Å². The number of rotatable bonds is 1. The average Bonchev–Trinajstić information content (AvgIpc) is 2.57. The SMILES string of the molecule is Cn1nc(C(=O)O)c2c1-c1cc(Br)ccc1OCC2. The molecule has 1 N–H and O–H groups in total. The van der Waals surface area contributed by atoms with E-state index in [0.717, 1.165) is 27.0 Å². The Kier molecular flexibility index (Phi) is 2.82. The van der Waals surface area contributed by atoms with Crippen LogP contribution < -0.4 is 4.74 Å². The van der Waals surface area contributed by atoms with E-state index in [4.69, 9.17) is 4.74 Å². The van der Waals surface area contributed by atoms with E-state index in [1.165, 1.54) is 0 Å². The fourth-order valence-electron chi connectivity index (χ4n) is 2.39. The fourth-order valence-corrected chi connectivity index (χ4v) is 2.75. The van der Waals surface area contributed by atoms with Crippen LogP contribution in [-0.4, -0.2) is 27.5 Å². The van der Waals surface area contributed by atoms with Crippen LogP contribution in [0.25, 0.3) is 11.3 Å². The number of nitrogens with zero attached hydrogens (tertiary/aromatic N) is 2. The van der Waals surface area contributed by atoms with Crippen molar-refractivity contribution in [2.45, 2.75) is 6.42 Å². The zero-order valence-corrected chi connectivity index (χ0v) is 11.8. The summed E-state index contributed by atoms with van der Waals surface area (Å²) in [7, 11) is 1.75. The lowest BCUT2D eigenvalue weighted by Gasteiger charge is -2.08. The van der Waals surface area contributed by atoms with Gasteiger partial charge in [-0.25, -0.2) is 4.79 Å². The van der Waals surface area contributed by atoms with Crippen molar-refractivity contribution in [2.75, 3.05) is 6.61 Å². The molecule has 3 rings (SSSR count). The molecule has 0 atom stereocenters. The number of carbonyl (C=O) groups is 1. The number of halogens is 1. The second-order valence-corrected chi connectivity index (χ2v) is 5.26. The van der Waals surface area contributed by atoms with Crippen molar-refractivity contribution >= 4 is 21.9 Å². The topological polar surface area (TPSA) is 64.4 Å². The van der Waals surface area contributed by atoms with Crippen LogP contribution in [0.3, 0.4) is 0 Å². The van der Waals surface area contributed by atoms with Crippen LogP contribution in [0.1, 0.15) is 16.1 Å². The quantitative estimate of drug-likeness (QED) is 0.876. The standard InChI is InChI=1S/C13H11BrN2O3/c1-16-12-8(11(15-16)13(17)18)4-5-19-10-3-2-7(14)6-9(10)12/h2-3,6H,4-5H2,1H3,(H,17,18). The highest BCUT2D eigenvalue weighted by molar-refractivity contribution is 9.10. The molecule has 1 aromatic carbocycles. The molecule has 0 amide bonds. The minimum Gasteiger partial charge on any atom is -0.493 e. The van der Waals surface area contributed by atoms with E-state index in [-0.39, 0.29) is 5.69 Å². The van der Waals surface area contributed by atoms with E-state index in [1.807, 2.05) is 18.2 Å². The molecule has 2 aromatic rings. The van der Waals surface area contributed by atoms with Crippen molar-refractivity contribution < 1.29 is 14.6 Å². The van der Waals surface area contributed by atoms with Gasteiger partial charge in [-0.3, -0.25) is 4.68 Å². The monoisotopic (exact) mass is 322 g/mol. The molecule has 0 fully saturated rings. The molecule has 0 bridgehead atoms. The van der Waals surface area contributed by atoms with E-state index in [1.54, 1.807) is 11.7 Å². The molecular weight excluding hydrogens is 312 g/mol. The number of hydrogen-bond donors (Lipinski definition) is 1. The molecule has 0 spiro atoms. The Morgan fingerprint density at radius 3 is 3.05 bits per heavy atom. The Balaban J connectivity index is 2.31. The Bertz CT molecular complexity index is 679. The third-order valence-corrected chi connectivity index (χ3v) is 3.65. The number of aryl methyl sites for hydroxylation is 1. The van der Waals surface area contributed by atoms with Crippen LogP contribution in [-0.2, 0) is 13.5 Å². The smallest absolute Gasteiger partial charge is 0.356 e. The predicted octanol–water partition coefficient (Wildman–Crippen LogP) is 2.48. The fraction of sp³-hybridized carbons (Fsp3) is 0.231. The van der Waals surface area contributed by atoms with Crippen molar-refractivity contribution in [3.63, 3.8) is 0 Å². The summed E-state index contributed by atoms with van der Waals surface area (Å²) in [5.74, 6) is -0.253. The Labute approximate surface area is 117 Å². The number of aromatic nitrogens is 2. The molecule has 0 unspecified atom stereocenters. The Hall–Kier alpha value is -1.82. The van der Waals surface area contributed by atoms with Crippen molar-refractivity contribution in [3.05, 3.63) is 33.9 Å². The molecule has 1 aliphatic heterocycles. The van der Waals surface area contributed by atoms with Gasteiger partial charge in [-0.1, -0.05) is 15.9 Å². The van der Waals surface area contributed by atoms with Gasteiger partial charge in [0.15, 0.2) is 5.69 Å². The molecule has 2 heterocycles. The van der Waals surface area contributed by atoms with Gasteiger partial charge >= 0.3 is 5.97 Å². The van der Waals surface area contributed by atoms with E-state index in [0.29, 0.717) is 13.0 Å². The first kappa shape index (κ1) is 12.2. The predicted molar refractivity (Wildman–Crippen MR) is 72.5 cm³/mol. The zero-order chi connectivity index (χ0) is 13.6. The van der Waals surface area contributed by atoms with Gasteiger partial charge in [0, 0.05) is 29.1 Å². The number of carboxylic acids is 1. The molecule has 6 heteroatoms. The van der Waals surface area contributed by atoms with Crippen molar-refractivity contribution in [2.24, 2.45) is 7.05 Å². The summed E-state index contributed by atoms with van der Waals surface area (Å²) < 4.78 is 8.21. The summed E-state index contributed by atoms with van der Waals surface area (Å²) in [4.78, 5) is 11.3. The van der Waals surface area contributed by atoms with Gasteiger partial charge in [0.25, 0.3) is 0 Å². The van der Waals surface area contributed by atoms with E-state index < -0.39 is 5.97 Å². The zero-order valence-electron chi connectivity index (χ0n) is 10.2. The lowest BCUT2D eigenvalue weighted by Crippen LogP contribution is -2.05. The summed E-state index contributed by atoms with van der Waals surface area (Å²) in [6.45, 7) is 0.452. The highest BCUT2D eigenvalue weighted by atomic mass is 79.9. The first-order valence-electron chi connectivity index (χ1n) is 5.80. The Morgan fingerprint density at radius 1 is 1.53 bits per heavy atom. The molecule has 0 saturated heterocycles. The number of fused-ring (bicyclic) bond motifs is 3. The minimum absolute atomic E-state index is 0.105. The number of benzene rings is 1. The minimum atomic E-state index is -1.00. The maximum Gasteiger partial charge on any atom is 0.356 e. The number of hydrogen-bond acceptors (Lipinski definition) is 3. The third kappa shape index (κ3) is 1.92. The van der Waals surface area contributed by atoms with Gasteiger partial charge in [0.2, 0.25) is 0 Å². The summed E-state index contributed by atoms with van der Waals surface area (Å²) in [5.41, 5.74) is 2.51. The molecule has 0 aliphatic carbocycles. The van der Waals surface area contributed by atoms with Crippen LogP contribution in [0.5, 0.6) is 5.75 Å². The highest BCUT2D eigenvalue weighted by Gasteiger charge is 2.26. The molecule has 0 radical (unpaired) electrons. The van der Waals surface area contributed by atoms with Gasteiger partial charge in [0.05, 0.1) is 12.3 Å². The van der Waals surface area contributed by atoms with Crippen molar-refractivity contribution in [3.8, 4) is 17.0 Å². The third-order valence-electron chi connectivity index (χ3n) is 3.15. The summed E-state index contributed by atoms with van der Waals surface area (Å²) in [6, 6.07) is 5.70. The van der Waals surface area contributed by atoms with E-state index >= 15 is 0 Å². The second kappa shape index (κ2) is 4.38. The van der Waals surface area contributed by atoms with E-state index in [9.17, 15) is 9.90 Å². The Morgan fingerprint density at radius 2 is 2.32 bits per heavy atom. The average molecular weight is 323 g/mol. The maximum atomic E-state index is 11.3. The van der Waals surface area contributed by atoms with Gasteiger partial charge in [0.1, 0.15) is 5.75 Å². The molecule has 5 nitrogen and oxygen atoms in total. The van der Waals surface area contributed by atoms with Crippen LogP contribution in [0, 0.1) is 0 Å². The van der Waals surface area contributed by atoms with Crippen LogP contribution in [0.4, 0.5) is 0 Å². The molecular formula is C13H11BrN2O3. The molecule has 0 saturated carbocycles. The number of aromatic carboxylic acids is 1. The lowest BCUT2D eigenvalue weighted by atomic mass is 10.0. The molecule has 19 heavy (non-hydrogen) atoms. The number of ether oxygens (including phenoxy) is 1. The number of carboxylic acid groups (broad SMARTS) is 1. The van der Waals surface area contributed by atoms with Gasteiger partial charge in [-0.15, -0.1) is 0 Å². The van der Waals surface area contributed by atoms with Crippen LogP contribution in [0.2, 0.25) is 0 Å². The lowest BCUT2D eigenvalue weighted by molar-refractivity contribution is 0.0688. The summed E-state index contributed by atoms with van der Waals surface area (Å²) in [5, 5.41) is 13.3. The summed E-state index contributed by atoms with van der Waals surface area (Å²) >= 11 is 3.43.